The summed E-state index contributed by atoms with van der Waals surface area (Å²) in [5, 5.41) is 2.25. The van der Waals surface area contributed by atoms with Gasteiger partial charge in [-0.15, -0.1) is 13.2 Å². The van der Waals surface area contributed by atoms with Crippen LogP contribution >= 0.6 is 11.8 Å². The Labute approximate surface area is 172 Å². The number of halogens is 3. The van der Waals surface area contributed by atoms with E-state index in [0.717, 1.165) is 29.5 Å². The van der Waals surface area contributed by atoms with Crippen molar-refractivity contribution in [3.8, 4) is 11.5 Å². The Morgan fingerprint density at radius 3 is 2.33 bits per heavy atom. The van der Waals surface area contributed by atoms with Crippen LogP contribution in [0.25, 0.3) is 6.08 Å². The van der Waals surface area contributed by atoms with E-state index in [1.54, 1.807) is 30.3 Å². The van der Waals surface area contributed by atoms with E-state index in [2.05, 4.69) is 15.0 Å². The molecule has 0 aromatic heterocycles. The number of thioether (sulfide) groups is 1. The Balaban J connectivity index is 1.76. The summed E-state index contributed by atoms with van der Waals surface area (Å²) in [6.07, 6.45) is -3.07. The van der Waals surface area contributed by atoms with Crippen molar-refractivity contribution in [3.05, 3.63) is 59.0 Å². The highest BCUT2D eigenvalue weighted by Gasteiger charge is 2.31. The number of ether oxygens (including phenoxy) is 2. The minimum atomic E-state index is -4.78. The number of hydrogen-bond donors (Lipinski definition) is 2. The van der Waals surface area contributed by atoms with Gasteiger partial charge in [0.1, 0.15) is 17.3 Å². The lowest BCUT2D eigenvalue weighted by Crippen LogP contribution is -2.19. The SMILES string of the molecule is NC(=O)COc1ccc(/C=C2\SC(=O)NC2=Nc2ccc(OC(F)(F)F)cc2)cc1. The zero-order valence-corrected chi connectivity index (χ0v) is 15.9. The van der Waals surface area contributed by atoms with Crippen LogP contribution in [0.3, 0.4) is 0 Å². The zero-order chi connectivity index (χ0) is 21.7. The molecule has 2 amide bonds. The van der Waals surface area contributed by atoms with E-state index in [4.69, 9.17) is 10.5 Å². The normalized spacial score (nSPS) is 16.6. The number of hydrogen-bond acceptors (Lipinski definition) is 6. The minimum Gasteiger partial charge on any atom is -0.484 e. The third-order valence-electron chi connectivity index (χ3n) is 3.53. The molecule has 0 aliphatic carbocycles. The molecule has 0 unspecified atom stereocenters. The molecule has 0 bridgehead atoms. The van der Waals surface area contributed by atoms with Gasteiger partial charge in [-0.1, -0.05) is 12.1 Å². The first-order chi connectivity index (χ1) is 14.2. The highest BCUT2D eigenvalue weighted by atomic mass is 32.2. The number of carbonyl (C=O) groups is 2. The number of amides is 2. The molecule has 2 aromatic rings. The summed E-state index contributed by atoms with van der Waals surface area (Å²) in [5.74, 6) is -0.236. The molecule has 3 rings (SSSR count). The Bertz CT molecular complexity index is 1000. The van der Waals surface area contributed by atoms with E-state index in [1.165, 1.54) is 12.1 Å². The molecule has 11 heteroatoms. The maximum Gasteiger partial charge on any atom is 0.573 e. The van der Waals surface area contributed by atoms with Gasteiger partial charge in [0.25, 0.3) is 11.1 Å². The van der Waals surface area contributed by atoms with E-state index < -0.39 is 12.3 Å². The van der Waals surface area contributed by atoms with Crippen molar-refractivity contribution >= 4 is 40.5 Å². The molecule has 1 fully saturated rings. The van der Waals surface area contributed by atoms with Crippen molar-refractivity contribution in [1.29, 1.82) is 0 Å². The van der Waals surface area contributed by atoms with E-state index >= 15 is 0 Å². The number of primary amides is 1. The molecule has 1 saturated heterocycles. The maximum atomic E-state index is 12.2. The second kappa shape index (κ2) is 8.91. The maximum absolute atomic E-state index is 12.2. The summed E-state index contributed by atoms with van der Waals surface area (Å²) in [7, 11) is 0. The Morgan fingerprint density at radius 1 is 1.10 bits per heavy atom. The lowest BCUT2D eigenvalue weighted by atomic mass is 10.2. The standard InChI is InChI=1S/C19H14F3N3O4S/c20-19(21,22)29-14-7-3-12(4-8-14)24-17-15(30-18(27)25-17)9-11-1-5-13(6-2-11)28-10-16(23)26/h1-9H,10H2,(H2,23,26)(H,24,25,27)/b15-9-. The summed E-state index contributed by atoms with van der Waals surface area (Å²) >= 11 is 0.932. The predicted octanol–water partition coefficient (Wildman–Crippen LogP) is 3.98. The molecule has 1 aliphatic rings. The molecule has 2 aromatic carbocycles. The number of benzene rings is 2. The summed E-state index contributed by atoms with van der Waals surface area (Å²) in [5.41, 5.74) is 6.10. The molecular weight excluding hydrogens is 423 g/mol. The lowest BCUT2D eigenvalue weighted by Gasteiger charge is -2.08. The van der Waals surface area contributed by atoms with Gasteiger partial charge in [-0.2, -0.15) is 0 Å². The Hall–Kier alpha value is -3.47. The van der Waals surface area contributed by atoms with Gasteiger partial charge in [0, 0.05) is 0 Å². The quantitative estimate of drug-likeness (QED) is 0.712. The van der Waals surface area contributed by atoms with Crippen LogP contribution in [0.4, 0.5) is 23.7 Å². The van der Waals surface area contributed by atoms with Gasteiger partial charge in [-0.05, 0) is 59.8 Å². The highest BCUT2D eigenvalue weighted by Crippen LogP contribution is 2.30. The molecule has 30 heavy (non-hydrogen) atoms. The Kier molecular flexibility index (Phi) is 6.31. The van der Waals surface area contributed by atoms with E-state index in [1.807, 2.05) is 0 Å². The van der Waals surface area contributed by atoms with Crippen LogP contribution in [0.1, 0.15) is 5.56 Å². The average molecular weight is 437 g/mol. The fourth-order valence-corrected chi connectivity index (χ4v) is 3.07. The first kappa shape index (κ1) is 21.2. The fraction of sp³-hybridized carbons (Fsp3) is 0.105. The van der Waals surface area contributed by atoms with Crippen LogP contribution in [0, 0.1) is 0 Å². The van der Waals surface area contributed by atoms with Crippen LogP contribution in [-0.2, 0) is 4.79 Å². The predicted molar refractivity (Wildman–Crippen MR) is 105 cm³/mol. The largest absolute Gasteiger partial charge is 0.573 e. The second-order valence-electron chi connectivity index (χ2n) is 5.85. The van der Waals surface area contributed by atoms with Gasteiger partial charge >= 0.3 is 6.36 Å². The smallest absolute Gasteiger partial charge is 0.484 e. The van der Waals surface area contributed by atoms with Crippen molar-refractivity contribution in [1.82, 2.24) is 5.32 Å². The number of rotatable bonds is 6. The van der Waals surface area contributed by atoms with Gasteiger partial charge in [0.2, 0.25) is 0 Å². The van der Waals surface area contributed by atoms with Gasteiger partial charge < -0.3 is 20.5 Å². The van der Waals surface area contributed by atoms with Crippen molar-refractivity contribution in [2.24, 2.45) is 10.7 Å². The van der Waals surface area contributed by atoms with Gasteiger partial charge in [0.05, 0.1) is 10.6 Å². The second-order valence-corrected chi connectivity index (χ2v) is 6.86. The topological polar surface area (TPSA) is 103 Å². The molecule has 156 valence electrons. The van der Waals surface area contributed by atoms with Gasteiger partial charge in [-0.25, -0.2) is 4.99 Å². The van der Waals surface area contributed by atoms with Crippen LogP contribution in [0.15, 0.2) is 58.4 Å². The highest BCUT2D eigenvalue weighted by molar-refractivity contribution is 8.18. The molecule has 1 heterocycles. The van der Waals surface area contributed by atoms with Crippen molar-refractivity contribution in [3.63, 3.8) is 0 Å². The summed E-state index contributed by atoms with van der Waals surface area (Å²) in [4.78, 5) is 27.3. The van der Waals surface area contributed by atoms with E-state index in [-0.39, 0.29) is 23.4 Å². The van der Waals surface area contributed by atoms with Gasteiger partial charge in [-0.3, -0.25) is 9.59 Å². The van der Waals surface area contributed by atoms with Crippen molar-refractivity contribution in [2.45, 2.75) is 6.36 Å². The van der Waals surface area contributed by atoms with Crippen molar-refractivity contribution in [2.75, 3.05) is 6.61 Å². The molecule has 0 radical (unpaired) electrons. The van der Waals surface area contributed by atoms with Crippen molar-refractivity contribution < 1.29 is 32.2 Å². The number of alkyl halides is 3. The zero-order valence-electron chi connectivity index (χ0n) is 15.1. The number of nitrogens with one attached hydrogen (secondary N) is 1. The molecule has 3 N–H and O–H groups in total. The first-order valence-corrected chi connectivity index (χ1v) is 9.16. The lowest BCUT2D eigenvalue weighted by molar-refractivity contribution is -0.274. The van der Waals surface area contributed by atoms with E-state index in [0.29, 0.717) is 16.3 Å². The number of aliphatic imine (C=N–C) groups is 1. The van der Waals surface area contributed by atoms with Gasteiger partial charge in [0.15, 0.2) is 6.61 Å². The molecule has 0 spiro atoms. The molecule has 7 nitrogen and oxygen atoms in total. The number of nitrogens with two attached hydrogens (primary N) is 1. The molecule has 0 atom stereocenters. The molecule has 0 saturated carbocycles. The molecular formula is C19H14F3N3O4S. The number of carbonyl (C=O) groups excluding carboxylic acids is 2. The minimum absolute atomic E-state index is 0.238. The van der Waals surface area contributed by atoms with Crippen LogP contribution in [0.5, 0.6) is 11.5 Å². The van der Waals surface area contributed by atoms with E-state index in [9.17, 15) is 22.8 Å². The third kappa shape index (κ3) is 6.27. The summed E-state index contributed by atoms with van der Waals surface area (Å²) in [6, 6.07) is 11.6. The molecule has 1 aliphatic heterocycles. The monoisotopic (exact) mass is 437 g/mol. The summed E-state index contributed by atoms with van der Waals surface area (Å²) in [6.45, 7) is -0.238. The number of nitrogens with zero attached hydrogens (tertiary/aromatic N) is 1. The Morgan fingerprint density at radius 2 is 1.73 bits per heavy atom. The summed E-state index contributed by atoms with van der Waals surface area (Å²) < 4.78 is 45.7. The third-order valence-corrected chi connectivity index (χ3v) is 4.35. The first-order valence-electron chi connectivity index (χ1n) is 8.34. The number of amidine groups is 1. The average Bonchev–Trinajstić information content (AvgIpc) is 3.00. The van der Waals surface area contributed by atoms with Crippen LogP contribution in [-0.4, -0.2) is 30.0 Å². The van der Waals surface area contributed by atoms with Crippen LogP contribution < -0.4 is 20.5 Å². The fourth-order valence-electron chi connectivity index (χ4n) is 2.33. The van der Waals surface area contributed by atoms with Crippen LogP contribution in [0.2, 0.25) is 0 Å².